The molecule has 23 heavy (non-hydrogen) atoms. The average molecular weight is 314 g/mol. The van der Waals surface area contributed by atoms with E-state index in [-0.39, 0.29) is 18.4 Å². The van der Waals surface area contributed by atoms with E-state index in [2.05, 4.69) is 4.98 Å². The van der Waals surface area contributed by atoms with Crippen molar-refractivity contribution in [3.8, 4) is 0 Å². The first kappa shape index (κ1) is 15.5. The van der Waals surface area contributed by atoms with E-state index in [4.69, 9.17) is 0 Å². The van der Waals surface area contributed by atoms with E-state index in [9.17, 15) is 9.59 Å². The summed E-state index contributed by atoms with van der Waals surface area (Å²) in [6, 6.07) is 3.54. The normalized spacial score (nSPS) is 19.0. The Morgan fingerprint density at radius 1 is 1.35 bits per heavy atom. The minimum Gasteiger partial charge on any atom is -0.332 e. The van der Waals surface area contributed by atoms with Gasteiger partial charge in [0.25, 0.3) is 0 Å². The van der Waals surface area contributed by atoms with Crippen LogP contribution in [0, 0.1) is 6.92 Å². The molecule has 1 atom stereocenters. The molecule has 1 aliphatic heterocycles. The van der Waals surface area contributed by atoms with Crippen LogP contribution in [0.5, 0.6) is 0 Å². The molecule has 2 aromatic rings. The summed E-state index contributed by atoms with van der Waals surface area (Å²) in [5.41, 5.74) is 2.77. The summed E-state index contributed by atoms with van der Waals surface area (Å²) in [5, 5.41) is 0. The van der Waals surface area contributed by atoms with Crippen LogP contribution in [0.15, 0.2) is 24.5 Å². The molecule has 1 fully saturated rings. The van der Waals surface area contributed by atoms with Gasteiger partial charge in [0.1, 0.15) is 11.7 Å². The number of carbonyl (C=O) groups is 2. The van der Waals surface area contributed by atoms with Crippen molar-refractivity contribution in [2.75, 3.05) is 13.1 Å². The number of hydrogen-bond acceptors (Lipinski definition) is 3. The zero-order valence-electron chi connectivity index (χ0n) is 13.8. The van der Waals surface area contributed by atoms with Gasteiger partial charge in [0.05, 0.1) is 18.8 Å². The lowest BCUT2D eigenvalue weighted by atomic mass is 10.1. The summed E-state index contributed by atoms with van der Waals surface area (Å²) >= 11 is 0. The van der Waals surface area contributed by atoms with Crippen LogP contribution in [0.4, 0.5) is 0 Å². The number of nitrogens with zero attached hydrogens (tertiary/aromatic N) is 4. The lowest BCUT2D eigenvalue weighted by molar-refractivity contribution is -0.155. The van der Waals surface area contributed by atoms with E-state index in [1.807, 2.05) is 42.8 Å². The number of aromatic nitrogens is 2. The van der Waals surface area contributed by atoms with Crippen LogP contribution in [0.3, 0.4) is 0 Å². The molecule has 1 aliphatic rings. The van der Waals surface area contributed by atoms with Crippen molar-refractivity contribution in [1.82, 2.24) is 19.2 Å². The molecule has 6 nitrogen and oxygen atoms in total. The first-order valence-corrected chi connectivity index (χ1v) is 8.02. The highest BCUT2D eigenvalue weighted by Crippen LogP contribution is 2.17. The number of fused-ring (bicyclic) bond motifs is 1. The Labute approximate surface area is 135 Å². The third-order valence-corrected chi connectivity index (χ3v) is 4.34. The molecule has 0 aromatic carbocycles. The largest absolute Gasteiger partial charge is 0.332 e. The molecular weight excluding hydrogens is 292 g/mol. The van der Waals surface area contributed by atoms with Crippen molar-refractivity contribution in [2.45, 2.75) is 39.8 Å². The van der Waals surface area contributed by atoms with Crippen molar-refractivity contribution in [3.63, 3.8) is 0 Å². The molecule has 122 valence electrons. The van der Waals surface area contributed by atoms with Gasteiger partial charge in [-0.15, -0.1) is 0 Å². The fraction of sp³-hybridized carbons (Fsp3) is 0.471. The number of rotatable bonds is 4. The second-order valence-electron chi connectivity index (χ2n) is 6.11. The van der Waals surface area contributed by atoms with Gasteiger partial charge in [-0.2, -0.15) is 0 Å². The maximum atomic E-state index is 12.4. The zero-order chi connectivity index (χ0) is 16.6. The molecule has 0 unspecified atom stereocenters. The van der Waals surface area contributed by atoms with Crippen LogP contribution >= 0.6 is 0 Å². The first-order chi connectivity index (χ1) is 11.0. The smallest absolute Gasteiger partial charge is 0.245 e. The highest BCUT2D eigenvalue weighted by molar-refractivity contribution is 5.94. The second kappa shape index (κ2) is 6.02. The number of imidazole rings is 1. The maximum Gasteiger partial charge on any atom is 0.245 e. The molecule has 0 aliphatic carbocycles. The van der Waals surface area contributed by atoms with Gasteiger partial charge in [-0.05, 0) is 31.9 Å². The molecule has 0 bridgehead atoms. The quantitative estimate of drug-likeness (QED) is 0.861. The van der Waals surface area contributed by atoms with E-state index in [1.54, 1.807) is 16.7 Å². The number of piperazine rings is 1. The lowest BCUT2D eigenvalue weighted by Gasteiger charge is -2.38. The molecule has 0 saturated carbocycles. The maximum absolute atomic E-state index is 12.4. The molecule has 1 saturated heterocycles. The van der Waals surface area contributed by atoms with E-state index in [1.165, 1.54) is 0 Å². The number of carbonyl (C=O) groups excluding carboxylic acids is 2. The van der Waals surface area contributed by atoms with E-state index >= 15 is 0 Å². The predicted octanol–water partition coefficient (Wildman–Crippen LogP) is 1.61. The van der Waals surface area contributed by atoms with Gasteiger partial charge in [-0.25, -0.2) is 4.98 Å². The zero-order valence-corrected chi connectivity index (χ0v) is 13.8. The topological polar surface area (TPSA) is 57.9 Å². The Bertz CT molecular complexity index is 752. The van der Waals surface area contributed by atoms with Crippen molar-refractivity contribution in [1.29, 1.82) is 0 Å². The third kappa shape index (κ3) is 2.81. The first-order valence-electron chi connectivity index (χ1n) is 8.02. The molecule has 3 rings (SSSR count). The summed E-state index contributed by atoms with van der Waals surface area (Å²) in [6.07, 6.45) is 4.72. The Morgan fingerprint density at radius 2 is 2.13 bits per heavy atom. The van der Waals surface area contributed by atoms with Crippen LogP contribution in [0.25, 0.3) is 5.65 Å². The summed E-state index contributed by atoms with van der Waals surface area (Å²) in [6.45, 7) is 6.98. The molecule has 0 N–H and O–H groups in total. The van der Waals surface area contributed by atoms with Gasteiger partial charge in [-0.3, -0.25) is 9.59 Å². The molecule has 2 amide bonds. The number of aryl methyl sites for hydroxylation is 1. The van der Waals surface area contributed by atoms with Crippen LogP contribution in [0.2, 0.25) is 0 Å². The van der Waals surface area contributed by atoms with Crippen LogP contribution in [-0.4, -0.2) is 50.1 Å². The molecule has 6 heteroatoms. The summed E-state index contributed by atoms with van der Waals surface area (Å²) < 4.78 is 1.95. The minimum absolute atomic E-state index is 0.0145. The van der Waals surface area contributed by atoms with Gasteiger partial charge >= 0.3 is 0 Å². The van der Waals surface area contributed by atoms with Gasteiger partial charge < -0.3 is 14.2 Å². The Hall–Kier alpha value is -2.37. The highest BCUT2D eigenvalue weighted by atomic mass is 16.2. The minimum atomic E-state index is -0.436. The summed E-state index contributed by atoms with van der Waals surface area (Å²) in [4.78, 5) is 32.7. The molecule has 0 spiro atoms. The lowest BCUT2D eigenvalue weighted by Crippen LogP contribution is -2.58. The third-order valence-electron chi connectivity index (χ3n) is 4.34. The van der Waals surface area contributed by atoms with Crippen LogP contribution in [-0.2, 0) is 16.1 Å². The second-order valence-corrected chi connectivity index (χ2v) is 6.11. The number of amides is 2. The van der Waals surface area contributed by atoms with Crippen molar-refractivity contribution >= 4 is 17.5 Å². The van der Waals surface area contributed by atoms with E-state index < -0.39 is 6.04 Å². The molecular formula is C17H22N4O2. The fourth-order valence-corrected chi connectivity index (χ4v) is 3.08. The molecule has 3 heterocycles. The predicted molar refractivity (Wildman–Crippen MR) is 86.8 cm³/mol. The SMILES string of the molecule is CCCN1CC(=O)N(Cc2cn3cccc(C)c3n2)[C@H](C)C1=O. The summed E-state index contributed by atoms with van der Waals surface area (Å²) in [5.74, 6) is 0.00530. The summed E-state index contributed by atoms with van der Waals surface area (Å²) in [7, 11) is 0. The molecule has 2 aromatic heterocycles. The van der Waals surface area contributed by atoms with Crippen molar-refractivity contribution in [3.05, 3.63) is 35.8 Å². The van der Waals surface area contributed by atoms with E-state index in [0.717, 1.165) is 23.3 Å². The standard InChI is InChI=1S/C17H22N4O2/c1-4-7-20-11-15(22)21(13(3)17(20)23)10-14-9-19-8-5-6-12(2)16(19)18-14/h5-6,8-9,13H,4,7,10-11H2,1-3H3/t13-/m1/s1. The van der Waals surface area contributed by atoms with Crippen molar-refractivity contribution < 1.29 is 9.59 Å². The van der Waals surface area contributed by atoms with E-state index in [0.29, 0.717) is 13.1 Å². The average Bonchev–Trinajstić information content (AvgIpc) is 2.93. The van der Waals surface area contributed by atoms with Crippen LogP contribution < -0.4 is 0 Å². The van der Waals surface area contributed by atoms with Gasteiger partial charge in [0.2, 0.25) is 11.8 Å². The van der Waals surface area contributed by atoms with Crippen LogP contribution in [0.1, 0.15) is 31.5 Å². The Morgan fingerprint density at radius 3 is 2.83 bits per heavy atom. The van der Waals surface area contributed by atoms with Gasteiger partial charge in [0, 0.05) is 18.9 Å². The highest BCUT2D eigenvalue weighted by Gasteiger charge is 2.36. The van der Waals surface area contributed by atoms with Gasteiger partial charge in [-0.1, -0.05) is 13.0 Å². The fourth-order valence-electron chi connectivity index (χ4n) is 3.08. The van der Waals surface area contributed by atoms with Gasteiger partial charge in [0.15, 0.2) is 0 Å². The number of pyridine rings is 1. The van der Waals surface area contributed by atoms with Crippen molar-refractivity contribution in [2.24, 2.45) is 0 Å². The Kier molecular flexibility index (Phi) is 4.07. The monoisotopic (exact) mass is 314 g/mol. The molecule has 0 radical (unpaired) electrons. The number of hydrogen-bond donors (Lipinski definition) is 0. The Balaban J connectivity index is 1.82.